The van der Waals surface area contributed by atoms with Crippen LogP contribution in [0.25, 0.3) is 0 Å². The van der Waals surface area contributed by atoms with E-state index in [1.54, 1.807) is 29.2 Å². The summed E-state index contributed by atoms with van der Waals surface area (Å²) in [4.78, 5) is 14.3. The van der Waals surface area contributed by atoms with Crippen LogP contribution in [0.15, 0.2) is 24.3 Å². The van der Waals surface area contributed by atoms with Gasteiger partial charge in [-0.15, -0.1) is 0 Å². The number of hydrogen-bond acceptors (Lipinski definition) is 4. The Kier molecular flexibility index (Phi) is 5.59. The molecule has 21 heavy (non-hydrogen) atoms. The molecule has 1 saturated carbocycles. The van der Waals surface area contributed by atoms with Gasteiger partial charge in [0.2, 0.25) is 5.91 Å². The van der Waals surface area contributed by atoms with Crippen LogP contribution in [0.1, 0.15) is 31.2 Å². The number of aliphatic hydroxyl groups is 1. The van der Waals surface area contributed by atoms with Crippen LogP contribution < -0.4 is 5.73 Å². The molecule has 1 unspecified atom stereocenters. The molecule has 0 radical (unpaired) electrons. The number of hydrogen-bond donors (Lipinski definition) is 3. The molecule has 116 valence electrons. The van der Waals surface area contributed by atoms with E-state index in [1.165, 1.54) is 0 Å². The van der Waals surface area contributed by atoms with Gasteiger partial charge in [0, 0.05) is 12.6 Å². The van der Waals surface area contributed by atoms with Gasteiger partial charge in [-0.25, -0.2) is 0 Å². The maximum absolute atomic E-state index is 12.5. The molecule has 0 spiro atoms. The number of aliphatic hydroxyl groups excluding tert-OH is 1. The van der Waals surface area contributed by atoms with Crippen LogP contribution in [0.5, 0.6) is 5.75 Å². The molecule has 1 atom stereocenters. The number of nitrogens with two attached hydrogens (primary N) is 1. The van der Waals surface area contributed by atoms with Crippen LogP contribution >= 0.6 is 0 Å². The van der Waals surface area contributed by atoms with Gasteiger partial charge in [-0.3, -0.25) is 4.79 Å². The quantitative estimate of drug-likeness (QED) is 0.731. The van der Waals surface area contributed by atoms with Crippen molar-refractivity contribution in [3.8, 4) is 5.75 Å². The lowest BCUT2D eigenvalue weighted by molar-refractivity contribution is -0.135. The van der Waals surface area contributed by atoms with Crippen molar-refractivity contribution < 1.29 is 15.0 Å². The highest BCUT2D eigenvalue weighted by Gasteiger charge is 2.29. The Morgan fingerprint density at radius 3 is 2.48 bits per heavy atom. The Balaban J connectivity index is 1.99. The summed E-state index contributed by atoms with van der Waals surface area (Å²) in [5.74, 6) is 0.107. The number of aromatic hydroxyl groups is 1. The molecule has 1 aliphatic rings. The molecule has 1 aromatic rings. The number of amides is 1. The van der Waals surface area contributed by atoms with Gasteiger partial charge in [-0.1, -0.05) is 25.0 Å². The summed E-state index contributed by atoms with van der Waals surface area (Å²) < 4.78 is 0. The molecular formula is C16H24N2O3. The van der Waals surface area contributed by atoms with Crippen LogP contribution in [-0.2, 0) is 11.2 Å². The molecule has 0 saturated heterocycles. The minimum absolute atomic E-state index is 0.0336. The molecule has 0 aliphatic heterocycles. The highest BCUT2D eigenvalue weighted by atomic mass is 16.3. The largest absolute Gasteiger partial charge is 0.508 e. The zero-order valence-electron chi connectivity index (χ0n) is 12.2. The van der Waals surface area contributed by atoms with Crippen molar-refractivity contribution in [1.82, 2.24) is 4.90 Å². The minimum atomic E-state index is -0.610. The summed E-state index contributed by atoms with van der Waals surface area (Å²) in [6, 6.07) is 6.34. The fraction of sp³-hybridized carbons (Fsp3) is 0.562. The van der Waals surface area contributed by atoms with Gasteiger partial charge in [-0.05, 0) is 37.0 Å². The Morgan fingerprint density at radius 2 is 1.90 bits per heavy atom. The second kappa shape index (κ2) is 7.43. The molecule has 1 aromatic carbocycles. The van der Waals surface area contributed by atoms with E-state index in [9.17, 15) is 15.0 Å². The van der Waals surface area contributed by atoms with E-state index >= 15 is 0 Å². The highest BCUT2D eigenvalue weighted by Crippen LogP contribution is 2.24. The van der Waals surface area contributed by atoms with Crippen molar-refractivity contribution in [2.24, 2.45) is 5.73 Å². The number of phenols is 1. The molecule has 0 aromatic heterocycles. The predicted octanol–water partition coefficient (Wildman–Crippen LogP) is 1.03. The number of rotatable bonds is 6. The molecule has 0 heterocycles. The summed E-state index contributed by atoms with van der Waals surface area (Å²) in [5.41, 5.74) is 6.97. The van der Waals surface area contributed by atoms with Gasteiger partial charge in [0.1, 0.15) is 5.75 Å². The van der Waals surface area contributed by atoms with E-state index in [4.69, 9.17) is 5.73 Å². The van der Waals surface area contributed by atoms with Crippen molar-refractivity contribution >= 4 is 5.91 Å². The van der Waals surface area contributed by atoms with Crippen LogP contribution in [0.3, 0.4) is 0 Å². The maximum atomic E-state index is 12.5. The van der Waals surface area contributed by atoms with Crippen molar-refractivity contribution in [1.29, 1.82) is 0 Å². The summed E-state index contributed by atoms with van der Waals surface area (Å²) in [6.07, 6.45) is 4.70. The average Bonchev–Trinajstić information content (AvgIpc) is 3.00. The van der Waals surface area contributed by atoms with Crippen molar-refractivity contribution in [2.45, 2.75) is 44.2 Å². The Bertz CT molecular complexity index is 455. The molecule has 1 aliphatic carbocycles. The van der Waals surface area contributed by atoms with Gasteiger partial charge < -0.3 is 20.8 Å². The van der Waals surface area contributed by atoms with E-state index in [-0.39, 0.29) is 24.3 Å². The lowest BCUT2D eigenvalue weighted by Gasteiger charge is -2.30. The number of benzene rings is 1. The van der Waals surface area contributed by atoms with Crippen molar-refractivity contribution in [2.75, 3.05) is 13.2 Å². The first kappa shape index (κ1) is 15.8. The molecule has 2 rings (SSSR count). The third kappa shape index (κ3) is 4.19. The lowest BCUT2D eigenvalue weighted by atomic mass is 10.0. The summed E-state index contributed by atoms with van der Waals surface area (Å²) >= 11 is 0. The van der Waals surface area contributed by atoms with E-state index in [0.717, 1.165) is 31.2 Å². The van der Waals surface area contributed by atoms with Crippen molar-refractivity contribution in [3.63, 3.8) is 0 Å². The molecule has 5 heteroatoms. The molecule has 0 bridgehead atoms. The standard InChI is InChI=1S/C16H24N2O3/c17-15(11-12-5-7-14(20)8-6-12)16(21)18(9-10-19)13-3-1-2-4-13/h5-8,13,15,19-20H,1-4,9-11,17H2. The summed E-state index contributed by atoms with van der Waals surface area (Å²) in [7, 11) is 0. The van der Waals surface area contributed by atoms with Gasteiger partial charge in [0.05, 0.1) is 12.6 Å². The van der Waals surface area contributed by atoms with Crippen LogP contribution in [0.4, 0.5) is 0 Å². The Morgan fingerprint density at radius 1 is 1.29 bits per heavy atom. The third-order valence-corrected chi connectivity index (χ3v) is 4.10. The first-order valence-electron chi connectivity index (χ1n) is 7.56. The fourth-order valence-corrected chi connectivity index (χ4v) is 2.98. The van der Waals surface area contributed by atoms with Crippen LogP contribution in [-0.4, -0.2) is 46.3 Å². The van der Waals surface area contributed by atoms with Crippen LogP contribution in [0.2, 0.25) is 0 Å². The smallest absolute Gasteiger partial charge is 0.240 e. The second-order valence-corrected chi connectivity index (χ2v) is 5.67. The van der Waals surface area contributed by atoms with E-state index in [1.807, 2.05) is 0 Å². The molecule has 5 nitrogen and oxygen atoms in total. The number of carbonyl (C=O) groups excluding carboxylic acids is 1. The van der Waals surface area contributed by atoms with Crippen molar-refractivity contribution in [3.05, 3.63) is 29.8 Å². The molecular weight excluding hydrogens is 268 g/mol. The van der Waals surface area contributed by atoms with Gasteiger partial charge in [-0.2, -0.15) is 0 Å². The summed E-state index contributed by atoms with van der Waals surface area (Å²) in [5, 5.41) is 18.5. The number of phenolic OH excluding ortho intramolecular Hbond substituents is 1. The lowest BCUT2D eigenvalue weighted by Crippen LogP contribution is -2.49. The first-order chi connectivity index (χ1) is 10.1. The van der Waals surface area contributed by atoms with Gasteiger partial charge in [0.15, 0.2) is 0 Å². The van der Waals surface area contributed by atoms with Crippen LogP contribution in [0, 0.1) is 0 Å². The Hall–Kier alpha value is -1.59. The zero-order chi connectivity index (χ0) is 15.2. The third-order valence-electron chi connectivity index (χ3n) is 4.10. The predicted molar refractivity (Wildman–Crippen MR) is 80.8 cm³/mol. The summed E-state index contributed by atoms with van der Waals surface area (Å²) in [6.45, 7) is 0.320. The molecule has 1 amide bonds. The minimum Gasteiger partial charge on any atom is -0.508 e. The highest BCUT2D eigenvalue weighted by molar-refractivity contribution is 5.82. The van der Waals surface area contributed by atoms with E-state index in [0.29, 0.717) is 13.0 Å². The Labute approximate surface area is 125 Å². The number of nitrogens with zero attached hydrogens (tertiary/aromatic N) is 1. The van der Waals surface area contributed by atoms with Gasteiger partial charge >= 0.3 is 0 Å². The average molecular weight is 292 g/mol. The van der Waals surface area contributed by atoms with E-state index in [2.05, 4.69) is 0 Å². The topological polar surface area (TPSA) is 86.8 Å². The molecule has 4 N–H and O–H groups in total. The monoisotopic (exact) mass is 292 g/mol. The maximum Gasteiger partial charge on any atom is 0.240 e. The number of carbonyl (C=O) groups is 1. The SMILES string of the molecule is NC(Cc1ccc(O)cc1)C(=O)N(CCO)C1CCCC1. The van der Waals surface area contributed by atoms with E-state index < -0.39 is 6.04 Å². The molecule has 1 fully saturated rings. The second-order valence-electron chi connectivity index (χ2n) is 5.67. The van der Waals surface area contributed by atoms with Gasteiger partial charge in [0.25, 0.3) is 0 Å². The fourth-order valence-electron chi connectivity index (χ4n) is 2.98. The zero-order valence-corrected chi connectivity index (χ0v) is 12.2. The first-order valence-corrected chi connectivity index (χ1v) is 7.56. The normalized spacial score (nSPS) is 16.9.